The van der Waals surface area contributed by atoms with Crippen molar-refractivity contribution in [2.24, 2.45) is 0 Å². The van der Waals surface area contributed by atoms with E-state index in [0.29, 0.717) is 0 Å². The van der Waals surface area contributed by atoms with Crippen molar-refractivity contribution in [2.75, 3.05) is 0 Å². The van der Waals surface area contributed by atoms with E-state index in [0.717, 1.165) is 40.3 Å². The van der Waals surface area contributed by atoms with E-state index < -0.39 is 0 Å². The van der Waals surface area contributed by atoms with Crippen LogP contribution in [0.3, 0.4) is 0 Å². The second kappa shape index (κ2) is 5.35. The summed E-state index contributed by atoms with van der Waals surface area (Å²) in [6, 6.07) is 12.3. The monoisotopic (exact) mass is 303 g/mol. The number of aryl methyl sites for hydroxylation is 2. The van der Waals surface area contributed by atoms with E-state index in [9.17, 15) is 0 Å². The lowest BCUT2D eigenvalue weighted by Gasteiger charge is -2.08. The highest BCUT2D eigenvalue weighted by Gasteiger charge is 2.10. The molecule has 0 aliphatic rings. The third-order valence-electron chi connectivity index (χ3n) is 3.96. The van der Waals surface area contributed by atoms with Crippen LogP contribution in [-0.2, 0) is 6.54 Å². The molecule has 0 saturated carbocycles. The maximum atomic E-state index is 4.58. The first-order valence-electron chi connectivity index (χ1n) is 7.69. The predicted molar refractivity (Wildman–Crippen MR) is 90.5 cm³/mol. The highest BCUT2D eigenvalue weighted by atomic mass is 15.3. The Kier molecular flexibility index (Phi) is 3.19. The molecule has 0 aliphatic carbocycles. The number of hydrogen-bond donors (Lipinski definition) is 0. The van der Waals surface area contributed by atoms with E-state index in [4.69, 9.17) is 0 Å². The van der Waals surface area contributed by atoms with Crippen LogP contribution >= 0.6 is 0 Å². The van der Waals surface area contributed by atoms with Crippen molar-refractivity contribution in [3.63, 3.8) is 0 Å². The minimum absolute atomic E-state index is 0.843. The van der Waals surface area contributed by atoms with Crippen molar-refractivity contribution in [1.29, 1.82) is 0 Å². The molecule has 0 spiro atoms. The van der Waals surface area contributed by atoms with Gasteiger partial charge in [0, 0.05) is 35.7 Å². The fourth-order valence-corrected chi connectivity index (χ4v) is 2.85. The third-order valence-corrected chi connectivity index (χ3v) is 3.96. The molecule has 114 valence electrons. The fraction of sp³-hybridized carbons (Fsp3) is 0.167. The van der Waals surface area contributed by atoms with E-state index in [1.54, 1.807) is 6.20 Å². The van der Waals surface area contributed by atoms with E-state index >= 15 is 0 Å². The van der Waals surface area contributed by atoms with Gasteiger partial charge in [-0.25, -0.2) is 9.97 Å². The van der Waals surface area contributed by atoms with Crippen LogP contribution in [0.25, 0.3) is 28.1 Å². The van der Waals surface area contributed by atoms with Crippen LogP contribution < -0.4 is 0 Å². The number of hydrogen-bond acceptors (Lipinski definition) is 3. The van der Waals surface area contributed by atoms with Crippen molar-refractivity contribution >= 4 is 10.9 Å². The summed E-state index contributed by atoms with van der Waals surface area (Å²) < 4.78 is 4.06. The second-order valence-electron chi connectivity index (χ2n) is 5.49. The number of imidazole rings is 1. The molecule has 5 heteroatoms. The molecule has 4 aromatic rings. The van der Waals surface area contributed by atoms with Gasteiger partial charge in [0.25, 0.3) is 0 Å². The Bertz CT molecular complexity index is 980. The fourth-order valence-electron chi connectivity index (χ4n) is 2.85. The molecule has 5 nitrogen and oxygen atoms in total. The van der Waals surface area contributed by atoms with Crippen LogP contribution in [0.15, 0.2) is 55.0 Å². The lowest BCUT2D eigenvalue weighted by molar-refractivity contribution is 0.684. The minimum atomic E-state index is 0.843. The maximum Gasteiger partial charge on any atom is 0.163 e. The first-order chi connectivity index (χ1) is 11.3. The van der Waals surface area contributed by atoms with Gasteiger partial charge in [-0.1, -0.05) is 6.07 Å². The highest BCUT2D eigenvalue weighted by molar-refractivity contribution is 5.81. The highest BCUT2D eigenvalue weighted by Crippen LogP contribution is 2.23. The normalized spacial score (nSPS) is 11.2. The SMILES string of the molecule is CCn1ncc2cc(-n3ccnc3-c3cccc(C)n3)ccc21. The van der Waals surface area contributed by atoms with Gasteiger partial charge in [-0.3, -0.25) is 9.25 Å². The Morgan fingerprint density at radius 3 is 2.87 bits per heavy atom. The number of benzene rings is 1. The predicted octanol–water partition coefficient (Wildman–Crippen LogP) is 3.61. The van der Waals surface area contributed by atoms with Crippen molar-refractivity contribution < 1.29 is 0 Å². The van der Waals surface area contributed by atoms with Crippen molar-refractivity contribution in [1.82, 2.24) is 24.3 Å². The van der Waals surface area contributed by atoms with Gasteiger partial charge in [0.2, 0.25) is 0 Å². The number of fused-ring (bicyclic) bond motifs is 1. The lowest BCUT2D eigenvalue weighted by Crippen LogP contribution is -1.99. The first-order valence-corrected chi connectivity index (χ1v) is 7.69. The second-order valence-corrected chi connectivity index (χ2v) is 5.49. The summed E-state index contributed by atoms with van der Waals surface area (Å²) in [5.41, 5.74) is 4.06. The van der Waals surface area contributed by atoms with Crippen LogP contribution in [0.5, 0.6) is 0 Å². The summed E-state index contributed by atoms with van der Waals surface area (Å²) >= 11 is 0. The summed E-state index contributed by atoms with van der Waals surface area (Å²) in [6.07, 6.45) is 5.67. The molecule has 0 aliphatic heterocycles. The Labute approximate surface area is 134 Å². The summed E-state index contributed by atoms with van der Waals surface area (Å²) in [4.78, 5) is 9.07. The van der Waals surface area contributed by atoms with Crippen LogP contribution in [0, 0.1) is 6.92 Å². The van der Waals surface area contributed by atoms with E-state index in [1.165, 1.54) is 0 Å². The van der Waals surface area contributed by atoms with Gasteiger partial charge in [-0.05, 0) is 44.2 Å². The van der Waals surface area contributed by atoms with Crippen LogP contribution in [0.1, 0.15) is 12.6 Å². The quantitative estimate of drug-likeness (QED) is 0.581. The molecule has 0 radical (unpaired) electrons. The van der Waals surface area contributed by atoms with E-state index in [-0.39, 0.29) is 0 Å². The number of rotatable bonds is 3. The Hall–Kier alpha value is -2.95. The van der Waals surface area contributed by atoms with Gasteiger partial charge < -0.3 is 0 Å². The van der Waals surface area contributed by atoms with Crippen molar-refractivity contribution in [2.45, 2.75) is 20.4 Å². The number of nitrogens with zero attached hydrogens (tertiary/aromatic N) is 5. The van der Waals surface area contributed by atoms with Gasteiger partial charge in [0.05, 0.1) is 11.7 Å². The molecule has 0 fully saturated rings. The largest absolute Gasteiger partial charge is 0.298 e. The molecular weight excluding hydrogens is 286 g/mol. The zero-order valence-electron chi connectivity index (χ0n) is 13.1. The molecule has 4 rings (SSSR count). The van der Waals surface area contributed by atoms with E-state index in [1.807, 2.05) is 42.2 Å². The zero-order valence-corrected chi connectivity index (χ0v) is 13.1. The maximum absolute atomic E-state index is 4.58. The smallest absolute Gasteiger partial charge is 0.163 e. The molecule has 3 aromatic heterocycles. The van der Waals surface area contributed by atoms with Crippen molar-refractivity contribution in [3.05, 3.63) is 60.7 Å². The topological polar surface area (TPSA) is 48.5 Å². The number of aromatic nitrogens is 5. The standard InChI is InChI=1S/C18H17N5/c1-3-23-17-8-7-15(11-14(17)12-20-23)22-10-9-19-18(22)16-6-4-5-13(2)21-16/h4-12H,3H2,1-2H3. The minimum Gasteiger partial charge on any atom is -0.298 e. The Morgan fingerprint density at radius 2 is 2.04 bits per heavy atom. The molecule has 0 bridgehead atoms. The van der Waals surface area contributed by atoms with Gasteiger partial charge >= 0.3 is 0 Å². The summed E-state index contributed by atoms with van der Waals surface area (Å²) in [6.45, 7) is 4.95. The van der Waals surface area contributed by atoms with Gasteiger partial charge in [-0.15, -0.1) is 0 Å². The molecule has 3 heterocycles. The Balaban J connectivity index is 1.84. The molecule has 0 atom stereocenters. The summed E-state index contributed by atoms with van der Waals surface area (Å²) in [5, 5.41) is 5.53. The third kappa shape index (κ3) is 2.30. The van der Waals surface area contributed by atoms with Crippen LogP contribution in [0.4, 0.5) is 0 Å². The summed E-state index contributed by atoms with van der Waals surface area (Å²) in [5.74, 6) is 0.843. The van der Waals surface area contributed by atoms with Gasteiger partial charge in [-0.2, -0.15) is 5.10 Å². The molecule has 23 heavy (non-hydrogen) atoms. The first kappa shape index (κ1) is 13.7. The average molecular weight is 303 g/mol. The van der Waals surface area contributed by atoms with Gasteiger partial charge in [0.15, 0.2) is 5.82 Å². The van der Waals surface area contributed by atoms with Gasteiger partial charge in [0.1, 0.15) is 5.69 Å². The van der Waals surface area contributed by atoms with E-state index in [2.05, 4.69) is 44.8 Å². The van der Waals surface area contributed by atoms with Crippen LogP contribution in [-0.4, -0.2) is 24.3 Å². The molecule has 0 unspecified atom stereocenters. The lowest BCUT2D eigenvalue weighted by atomic mass is 10.2. The molecular formula is C18H17N5. The summed E-state index contributed by atoms with van der Waals surface area (Å²) in [7, 11) is 0. The van der Waals surface area contributed by atoms with Crippen LogP contribution in [0.2, 0.25) is 0 Å². The molecule has 0 saturated heterocycles. The molecule has 1 aromatic carbocycles. The average Bonchev–Trinajstić information content (AvgIpc) is 3.21. The zero-order chi connectivity index (χ0) is 15.8. The molecule has 0 amide bonds. The van der Waals surface area contributed by atoms with Crippen molar-refractivity contribution in [3.8, 4) is 17.2 Å². The number of pyridine rings is 1. The molecule has 0 N–H and O–H groups in total. The Morgan fingerprint density at radius 1 is 1.13 bits per heavy atom.